The minimum absolute atomic E-state index is 0.919. The number of furan rings is 1. The highest BCUT2D eigenvalue weighted by Gasteiger charge is 2.18. The fourth-order valence-corrected chi connectivity index (χ4v) is 6.74. The molecular formula is C42H27NO. The zero-order valence-electron chi connectivity index (χ0n) is 23.9. The summed E-state index contributed by atoms with van der Waals surface area (Å²) in [4.78, 5) is 2.37. The van der Waals surface area contributed by atoms with Gasteiger partial charge in [0.2, 0.25) is 0 Å². The third kappa shape index (κ3) is 3.89. The summed E-state index contributed by atoms with van der Waals surface area (Å²) in [5, 5.41) is 9.50. The second-order valence-electron chi connectivity index (χ2n) is 11.4. The van der Waals surface area contributed by atoms with Gasteiger partial charge in [-0.2, -0.15) is 0 Å². The molecule has 1 aromatic heterocycles. The van der Waals surface area contributed by atoms with E-state index in [1.54, 1.807) is 0 Å². The van der Waals surface area contributed by atoms with E-state index < -0.39 is 0 Å². The summed E-state index contributed by atoms with van der Waals surface area (Å²) in [7, 11) is 0. The molecule has 2 heteroatoms. The van der Waals surface area contributed by atoms with Crippen molar-refractivity contribution in [3.05, 3.63) is 164 Å². The Bertz CT molecular complexity index is 2490. The molecule has 0 atom stereocenters. The number of para-hydroxylation sites is 1. The fraction of sp³-hybridized carbons (Fsp3) is 0. The molecule has 0 aliphatic rings. The van der Waals surface area contributed by atoms with Gasteiger partial charge in [0.1, 0.15) is 11.2 Å². The van der Waals surface area contributed by atoms with Crippen molar-refractivity contribution in [2.45, 2.75) is 0 Å². The average Bonchev–Trinajstić information content (AvgIpc) is 3.48. The van der Waals surface area contributed by atoms with Crippen LogP contribution in [-0.4, -0.2) is 0 Å². The second-order valence-corrected chi connectivity index (χ2v) is 11.4. The fourth-order valence-electron chi connectivity index (χ4n) is 6.74. The van der Waals surface area contributed by atoms with Gasteiger partial charge < -0.3 is 9.32 Å². The Morgan fingerprint density at radius 1 is 0.386 bits per heavy atom. The third-order valence-corrected chi connectivity index (χ3v) is 8.84. The highest BCUT2D eigenvalue weighted by molar-refractivity contribution is 6.15. The molecule has 0 saturated heterocycles. The van der Waals surface area contributed by atoms with Gasteiger partial charge in [-0.15, -0.1) is 0 Å². The van der Waals surface area contributed by atoms with Gasteiger partial charge in [-0.25, -0.2) is 0 Å². The lowest BCUT2D eigenvalue weighted by molar-refractivity contribution is 0.672. The van der Waals surface area contributed by atoms with Gasteiger partial charge >= 0.3 is 0 Å². The monoisotopic (exact) mass is 561 g/mol. The summed E-state index contributed by atoms with van der Waals surface area (Å²) in [6, 6.07) is 58.6. The van der Waals surface area contributed by atoms with E-state index in [0.717, 1.165) is 49.8 Å². The molecule has 1 heterocycles. The Labute approximate surface area is 255 Å². The largest absolute Gasteiger partial charge is 0.455 e. The van der Waals surface area contributed by atoms with E-state index in [9.17, 15) is 0 Å². The van der Waals surface area contributed by atoms with E-state index in [2.05, 4.69) is 157 Å². The molecule has 0 aliphatic carbocycles. The smallest absolute Gasteiger partial charge is 0.143 e. The van der Waals surface area contributed by atoms with Crippen molar-refractivity contribution in [2.75, 3.05) is 4.90 Å². The number of rotatable bonds is 4. The molecule has 8 aromatic carbocycles. The number of anilines is 3. The van der Waals surface area contributed by atoms with Gasteiger partial charge in [-0.1, -0.05) is 115 Å². The number of nitrogens with zero attached hydrogens (tertiary/aromatic N) is 1. The maximum absolute atomic E-state index is 6.37. The normalized spacial score (nSPS) is 11.6. The van der Waals surface area contributed by atoms with E-state index in [0.29, 0.717) is 0 Å². The van der Waals surface area contributed by atoms with Crippen LogP contribution in [-0.2, 0) is 0 Å². The van der Waals surface area contributed by atoms with E-state index >= 15 is 0 Å². The lowest BCUT2D eigenvalue weighted by Gasteiger charge is -2.27. The first-order chi connectivity index (χ1) is 21.8. The number of benzene rings is 8. The highest BCUT2D eigenvalue weighted by atomic mass is 16.3. The lowest BCUT2D eigenvalue weighted by Crippen LogP contribution is -2.10. The molecule has 0 unspecified atom stereocenters. The number of hydrogen-bond donors (Lipinski definition) is 0. The van der Waals surface area contributed by atoms with Crippen LogP contribution in [0.15, 0.2) is 168 Å². The topological polar surface area (TPSA) is 16.4 Å². The summed E-state index contributed by atoms with van der Waals surface area (Å²) < 4.78 is 6.37. The van der Waals surface area contributed by atoms with Crippen LogP contribution in [0.5, 0.6) is 0 Å². The lowest BCUT2D eigenvalue weighted by atomic mass is 9.98. The molecule has 0 amide bonds. The highest BCUT2D eigenvalue weighted by Crippen LogP contribution is 2.42. The van der Waals surface area contributed by atoms with Crippen molar-refractivity contribution < 1.29 is 4.42 Å². The maximum atomic E-state index is 6.37. The minimum Gasteiger partial charge on any atom is -0.455 e. The molecule has 0 spiro atoms. The van der Waals surface area contributed by atoms with Crippen molar-refractivity contribution in [2.24, 2.45) is 0 Å². The van der Waals surface area contributed by atoms with Gasteiger partial charge in [-0.05, 0) is 81.2 Å². The van der Waals surface area contributed by atoms with Crippen LogP contribution in [0.1, 0.15) is 0 Å². The predicted octanol–water partition coefficient (Wildman–Crippen LogP) is 12.2. The van der Waals surface area contributed by atoms with Crippen LogP contribution >= 0.6 is 0 Å². The van der Waals surface area contributed by atoms with Gasteiger partial charge in [0, 0.05) is 32.9 Å². The maximum Gasteiger partial charge on any atom is 0.143 e. The summed E-state index contributed by atoms with van der Waals surface area (Å²) >= 11 is 0. The molecule has 2 nitrogen and oxygen atoms in total. The molecule has 0 aliphatic heterocycles. The van der Waals surface area contributed by atoms with Crippen LogP contribution in [0, 0.1) is 0 Å². The minimum atomic E-state index is 0.919. The second kappa shape index (κ2) is 9.86. The van der Waals surface area contributed by atoms with Crippen molar-refractivity contribution in [3.8, 4) is 11.1 Å². The molecule has 0 saturated carbocycles. The predicted molar refractivity (Wildman–Crippen MR) is 186 cm³/mol. The van der Waals surface area contributed by atoms with Crippen LogP contribution in [0.25, 0.3) is 65.4 Å². The number of hydrogen-bond acceptors (Lipinski definition) is 2. The Morgan fingerprint density at radius 2 is 1.02 bits per heavy atom. The number of fused-ring (bicyclic) bond motifs is 7. The van der Waals surface area contributed by atoms with E-state index in [-0.39, 0.29) is 0 Å². The van der Waals surface area contributed by atoms with Crippen molar-refractivity contribution in [1.29, 1.82) is 0 Å². The Balaban J connectivity index is 1.23. The van der Waals surface area contributed by atoms with Gasteiger partial charge in [0.15, 0.2) is 0 Å². The van der Waals surface area contributed by atoms with Gasteiger partial charge in [0.25, 0.3) is 0 Å². The summed E-state index contributed by atoms with van der Waals surface area (Å²) in [6.45, 7) is 0. The van der Waals surface area contributed by atoms with Gasteiger partial charge in [0.05, 0.1) is 5.69 Å². The molecule has 0 fully saturated rings. The first kappa shape index (κ1) is 24.7. The third-order valence-electron chi connectivity index (χ3n) is 8.84. The molecule has 0 bridgehead atoms. The van der Waals surface area contributed by atoms with Gasteiger partial charge in [-0.3, -0.25) is 0 Å². The zero-order chi connectivity index (χ0) is 29.0. The average molecular weight is 562 g/mol. The Kier molecular flexibility index (Phi) is 5.54. The summed E-state index contributed by atoms with van der Waals surface area (Å²) in [5.74, 6) is 0. The molecule has 0 N–H and O–H groups in total. The van der Waals surface area contributed by atoms with Crippen molar-refractivity contribution >= 4 is 71.3 Å². The molecular weight excluding hydrogens is 534 g/mol. The van der Waals surface area contributed by atoms with Crippen LogP contribution in [0.4, 0.5) is 17.1 Å². The Morgan fingerprint density at radius 3 is 1.86 bits per heavy atom. The SMILES string of the molecule is c1ccc2c(-c3ccc(N(c4ccc5c(ccc6c7ccccc7oc56)c4)c4cccc5ccccc45)cc3)cccc2c1. The van der Waals surface area contributed by atoms with E-state index in [1.165, 1.54) is 32.7 Å². The first-order valence-corrected chi connectivity index (χ1v) is 15.0. The summed E-state index contributed by atoms with van der Waals surface area (Å²) in [5.41, 5.74) is 7.65. The quantitative estimate of drug-likeness (QED) is 0.212. The molecule has 44 heavy (non-hydrogen) atoms. The van der Waals surface area contributed by atoms with Crippen LogP contribution < -0.4 is 4.90 Å². The molecule has 0 radical (unpaired) electrons. The van der Waals surface area contributed by atoms with E-state index in [4.69, 9.17) is 4.42 Å². The van der Waals surface area contributed by atoms with Crippen LogP contribution in [0.2, 0.25) is 0 Å². The van der Waals surface area contributed by atoms with E-state index in [1.807, 2.05) is 12.1 Å². The molecule has 9 rings (SSSR count). The first-order valence-electron chi connectivity index (χ1n) is 15.0. The Hall–Kier alpha value is -5.86. The molecule has 206 valence electrons. The standard InChI is InChI=1S/C42H27NO/c1-3-13-34-28(9-1)11-7-16-35(34)30-19-22-32(23-20-30)43(40-17-8-12-29-10-2-4-14-36(29)40)33-24-26-37-31(27-33)21-25-39-38-15-5-6-18-41(38)44-42(37)39/h1-27H. The van der Waals surface area contributed by atoms with Crippen molar-refractivity contribution in [1.82, 2.24) is 0 Å². The van der Waals surface area contributed by atoms with Crippen molar-refractivity contribution in [3.63, 3.8) is 0 Å². The van der Waals surface area contributed by atoms with Crippen LogP contribution in [0.3, 0.4) is 0 Å². The molecule has 9 aromatic rings. The zero-order valence-corrected chi connectivity index (χ0v) is 23.9. The summed E-state index contributed by atoms with van der Waals surface area (Å²) in [6.07, 6.45) is 0.